The summed E-state index contributed by atoms with van der Waals surface area (Å²) in [7, 11) is 0. The molecule has 0 aromatic heterocycles. The highest BCUT2D eigenvalue weighted by Crippen LogP contribution is 2.26. The Hall–Kier alpha value is -2.61. The zero-order valence-electron chi connectivity index (χ0n) is 12.4. The summed E-state index contributed by atoms with van der Waals surface area (Å²) >= 11 is 0. The summed E-state index contributed by atoms with van der Waals surface area (Å²) in [5.74, 6) is -1.59. The monoisotopic (exact) mass is 322 g/mol. The zero-order valence-corrected chi connectivity index (χ0v) is 12.4. The average molecular weight is 322 g/mol. The Kier molecular flexibility index (Phi) is 5.53. The molecule has 1 aromatic rings. The topological polar surface area (TPSA) is 128 Å². The Labute approximate surface area is 132 Å². The van der Waals surface area contributed by atoms with Crippen LogP contribution < -0.4 is 15.8 Å². The maximum absolute atomic E-state index is 12.2. The van der Waals surface area contributed by atoms with E-state index in [1.807, 2.05) is 0 Å². The van der Waals surface area contributed by atoms with Crippen molar-refractivity contribution < 1.29 is 29.0 Å². The Morgan fingerprint density at radius 2 is 1.96 bits per heavy atom. The quantitative estimate of drug-likeness (QED) is 0.671. The van der Waals surface area contributed by atoms with Crippen LogP contribution in [0.5, 0.6) is 5.75 Å². The lowest BCUT2D eigenvalue weighted by molar-refractivity contribution is -0.150. The van der Waals surface area contributed by atoms with Crippen molar-refractivity contribution in [1.82, 2.24) is 0 Å². The van der Waals surface area contributed by atoms with E-state index in [0.717, 1.165) is 0 Å². The number of hydrogen-bond acceptors (Lipinski definition) is 5. The van der Waals surface area contributed by atoms with Crippen molar-refractivity contribution >= 4 is 23.5 Å². The normalized spacial score (nSPS) is 20.0. The van der Waals surface area contributed by atoms with Crippen LogP contribution in [0.25, 0.3) is 0 Å². The predicted molar refractivity (Wildman–Crippen MR) is 79.9 cm³/mol. The molecular formula is C15H18N2O6. The van der Waals surface area contributed by atoms with Gasteiger partial charge in [-0.3, -0.25) is 9.59 Å². The third-order valence-electron chi connectivity index (χ3n) is 3.34. The molecule has 2 amide bonds. The van der Waals surface area contributed by atoms with Crippen LogP contribution in [0.3, 0.4) is 0 Å². The Morgan fingerprint density at radius 3 is 2.61 bits per heavy atom. The number of hydrogen-bond donors (Lipinski definition) is 3. The van der Waals surface area contributed by atoms with Gasteiger partial charge in [0.05, 0.1) is 18.7 Å². The van der Waals surface area contributed by atoms with E-state index in [4.69, 9.17) is 20.3 Å². The minimum atomic E-state index is -1.07. The van der Waals surface area contributed by atoms with E-state index in [0.29, 0.717) is 24.3 Å². The van der Waals surface area contributed by atoms with Crippen LogP contribution in [0.15, 0.2) is 24.3 Å². The molecule has 1 heterocycles. The Morgan fingerprint density at radius 1 is 1.26 bits per heavy atom. The van der Waals surface area contributed by atoms with Gasteiger partial charge in [0, 0.05) is 0 Å². The summed E-state index contributed by atoms with van der Waals surface area (Å²) in [6, 6.07) is 6.72. The summed E-state index contributed by atoms with van der Waals surface area (Å²) in [5.41, 5.74) is 5.46. The van der Waals surface area contributed by atoms with E-state index in [9.17, 15) is 14.4 Å². The van der Waals surface area contributed by atoms with Crippen molar-refractivity contribution in [3.8, 4) is 5.75 Å². The van der Waals surface area contributed by atoms with E-state index in [1.165, 1.54) is 0 Å². The minimum Gasteiger partial charge on any atom is -0.491 e. The number of primary amides is 1. The zero-order chi connectivity index (χ0) is 16.8. The van der Waals surface area contributed by atoms with Crippen LogP contribution in [-0.4, -0.2) is 41.7 Å². The van der Waals surface area contributed by atoms with Gasteiger partial charge in [0.15, 0.2) is 6.10 Å². The van der Waals surface area contributed by atoms with Crippen molar-refractivity contribution in [2.75, 3.05) is 11.9 Å². The van der Waals surface area contributed by atoms with Crippen LogP contribution in [0, 0.1) is 0 Å². The molecule has 8 heteroatoms. The van der Waals surface area contributed by atoms with Gasteiger partial charge in [-0.05, 0) is 25.0 Å². The number of carbonyl (C=O) groups is 3. The lowest BCUT2D eigenvalue weighted by Crippen LogP contribution is -2.30. The van der Waals surface area contributed by atoms with Crippen molar-refractivity contribution in [3.63, 3.8) is 0 Å². The summed E-state index contributed by atoms with van der Waals surface area (Å²) < 4.78 is 10.6. The van der Waals surface area contributed by atoms with Gasteiger partial charge >= 0.3 is 5.97 Å². The first kappa shape index (κ1) is 16.8. The highest BCUT2D eigenvalue weighted by molar-refractivity contribution is 5.96. The molecule has 8 nitrogen and oxygen atoms in total. The molecule has 0 unspecified atom stereocenters. The number of para-hydroxylation sites is 2. The fourth-order valence-electron chi connectivity index (χ4n) is 2.18. The molecule has 1 aromatic carbocycles. The van der Waals surface area contributed by atoms with Gasteiger partial charge in [-0.1, -0.05) is 12.1 Å². The number of carboxylic acid groups (broad SMARTS) is 1. The maximum atomic E-state index is 12.2. The first-order chi connectivity index (χ1) is 11.0. The molecule has 0 radical (unpaired) electrons. The Bertz CT molecular complexity index is 603. The van der Waals surface area contributed by atoms with Gasteiger partial charge in [-0.25, -0.2) is 4.79 Å². The third kappa shape index (κ3) is 4.68. The maximum Gasteiger partial charge on any atom is 0.332 e. The molecular weight excluding hydrogens is 304 g/mol. The molecule has 0 spiro atoms. The van der Waals surface area contributed by atoms with E-state index in [2.05, 4.69) is 5.32 Å². The molecule has 1 aliphatic rings. The van der Waals surface area contributed by atoms with Crippen molar-refractivity contribution in [2.45, 2.75) is 31.5 Å². The molecule has 1 saturated heterocycles. The SMILES string of the molecule is NC(=O)CCOc1ccccc1NC(=O)[C@@H]1CC[C@H](C(=O)O)O1. The highest BCUT2D eigenvalue weighted by Gasteiger charge is 2.34. The molecule has 0 aliphatic carbocycles. The lowest BCUT2D eigenvalue weighted by Gasteiger charge is -2.15. The average Bonchev–Trinajstić information content (AvgIpc) is 2.99. The molecule has 1 fully saturated rings. The van der Waals surface area contributed by atoms with Gasteiger partial charge < -0.3 is 25.6 Å². The largest absolute Gasteiger partial charge is 0.491 e. The van der Waals surface area contributed by atoms with Gasteiger partial charge in [0.1, 0.15) is 11.9 Å². The van der Waals surface area contributed by atoms with E-state index in [1.54, 1.807) is 24.3 Å². The number of anilines is 1. The highest BCUT2D eigenvalue weighted by atomic mass is 16.5. The number of carbonyl (C=O) groups excluding carboxylic acids is 2. The number of nitrogens with two attached hydrogens (primary N) is 1. The van der Waals surface area contributed by atoms with Gasteiger partial charge in [0.25, 0.3) is 5.91 Å². The van der Waals surface area contributed by atoms with Crippen LogP contribution in [-0.2, 0) is 19.1 Å². The number of rotatable bonds is 7. The van der Waals surface area contributed by atoms with Crippen LogP contribution in [0.2, 0.25) is 0 Å². The van der Waals surface area contributed by atoms with Crippen molar-refractivity contribution in [2.24, 2.45) is 5.73 Å². The predicted octanol–water partition coefficient (Wildman–Crippen LogP) is 0.511. The standard InChI is InChI=1S/C15H18N2O6/c16-13(18)7-8-22-10-4-2-1-3-9(10)17-14(19)11-5-6-12(23-11)15(20)21/h1-4,11-12H,5-8H2,(H2,16,18)(H,17,19)(H,20,21)/t11-,12+/m0/s1. The third-order valence-corrected chi connectivity index (χ3v) is 3.34. The fraction of sp³-hybridized carbons (Fsp3) is 0.400. The minimum absolute atomic E-state index is 0.0638. The van der Waals surface area contributed by atoms with Gasteiger partial charge in [-0.2, -0.15) is 0 Å². The number of carboxylic acids is 1. The van der Waals surface area contributed by atoms with Gasteiger partial charge in [0.2, 0.25) is 5.91 Å². The molecule has 1 aliphatic heterocycles. The first-order valence-corrected chi connectivity index (χ1v) is 7.16. The molecule has 23 heavy (non-hydrogen) atoms. The first-order valence-electron chi connectivity index (χ1n) is 7.16. The Balaban J connectivity index is 1.95. The smallest absolute Gasteiger partial charge is 0.332 e. The number of benzene rings is 1. The number of nitrogens with one attached hydrogen (secondary N) is 1. The lowest BCUT2D eigenvalue weighted by atomic mass is 10.2. The molecule has 2 rings (SSSR count). The van der Waals surface area contributed by atoms with Crippen LogP contribution in [0.1, 0.15) is 19.3 Å². The molecule has 2 atom stereocenters. The van der Waals surface area contributed by atoms with E-state index >= 15 is 0 Å². The molecule has 124 valence electrons. The molecule has 0 saturated carbocycles. The summed E-state index contributed by atoms with van der Waals surface area (Å²) in [6.07, 6.45) is -1.06. The summed E-state index contributed by atoms with van der Waals surface area (Å²) in [6.45, 7) is 0.100. The van der Waals surface area contributed by atoms with Crippen LogP contribution in [0.4, 0.5) is 5.69 Å². The summed E-state index contributed by atoms with van der Waals surface area (Å²) in [5, 5.41) is 11.5. The molecule has 4 N–H and O–H groups in total. The second-order valence-corrected chi connectivity index (χ2v) is 5.08. The van der Waals surface area contributed by atoms with Crippen molar-refractivity contribution in [1.29, 1.82) is 0 Å². The van der Waals surface area contributed by atoms with Gasteiger partial charge in [-0.15, -0.1) is 0 Å². The van der Waals surface area contributed by atoms with E-state index < -0.39 is 30.0 Å². The number of aliphatic carboxylic acids is 1. The van der Waals surface area contributed by atoms with Crippen molar-refractivity contribution in [3.05, 3.63) is 24.3 Å². The number of amides is 2. The van der Waals surface area contributed by atoms with Crippen LogP contribution >= 0.6 is 0 Å². The molecule has 0 bridgehead atoms. The fourth-order valence-corrected chi connectivity index (χ4v) is 2.18. The van der Waals surface area contributed by atoms with E-state index in [-0.39, 0.29) is 13.0 Å². The number of ether oxygens (including phenoxy) is 2. The second-order valence-electron chi connectivity index (χ2n) is 5.08. The summed E-state index contributed by atoms with van der Waals surface area (Å²) in [4.78, 5) is 33.7. The second kappa shape index (κ2) is 7.59.